The zero-order chi connectivity index (χ0) is 27.4. The van der Waals surface area contributed by atoms with Crippen LogP contribution < -0.4 is 4.74 Å². The molecule has 0 saturated heterocycles. The van der Waals surface area contributed by atoms with Crippen molar-refractivity contribution >= 4 is 5.91 Å². The summed E-state index contributed by atoms with van der Waals surface area (Å²) in [5, 5.41) is 9.39. The van der Waals surface area contributed by atoms with Crippen LogP contribution in [0.2, 0.25) is 0 Å². The van der Waals surface area contributed by atoms with Gasteiger partial charge in [-0.3, -0.25) is 9.78 Å². The van der Waals surface area contributed by atoms with Crippen LogP contribution in [0.25, 0.3) is 11.1 Å². The maximum atomic E-state index is 14.4. The topological polar surface area (TPSA) is 82.3 Å². The number of halogens is 1. The molecular formula is C30H34FN5O2. The lowest BCUT2D eigenvalue weighted by molar-refractivity contribution is 0.0669. The molecule has 3 heterocycles. The van der Waals surface area contributed by atoms with Gasteiger partial charge >= 0.3 is 0 Å². The summed E-state index contributed by atoms with van der Waals surface area (Å²) < 4.78 is 20.1. The largest absolute Gasteiger partial charge is 0.492 e. The molecule has 2 aromatic heterocycles. The molecule has 3 aromatic rings. The van der Waals surface area contributed by atoms with E-state index in [2.05, 4.69) is 41.0 Å². The van der Waals surface area contributed by atoms with Gasteiger partial charge in [0.25, 0.3) is 5.91 Å². The summed E-state index contributed by atoms with van der Waals surface area (Å²) in [7, 11) is 2.07. The molecule has 7 nitrogen and oxygen atoms in total. The number of nitriles is 1. The third-order valence-corrected chi connectivity index (χ3v) is 7.36. The maximum absolute atomic E-state index is 14.4. The van der Waals surface area contributed by atoms with Gasteiger partial charge in [-0.05, 0) is 81.6 Å². The number of hydrogen-bond acceptors (Lipinski definition) is 6. The molecule has 1 aliphatic rings. The molecule has 0 bridgehead atoms. The Kier molecular flexibility index (Phi) is 8.38. The van der Waals surface area contributed by atoms with Gasteiger partial charge < -0.3 is 14.5 Å². The Bertz CT molecular complexity index is 1380. The van der Waals surface area contributed by atoms with E-state index in [1.54, 1.807) is 13.0 Å². The number of ether oxygens (including phenoxy) is 1. The molecule has 198 valence electrons. The fourth-order valence-corrected chi connectivity index (χ4v) is 4.91. The van der Waals surface area contributed by atoms with Crippen LogP contribution in [-0.4, -0.2) is 59.0 Å². The number of carbonyl (C=O) groups is 1. The minimum Gasteiger partial charge on any atom is -0.492 e. The van der Waals surface area contributed by atoms with Gasteiger partial charge in [0.1, 0.15) is 17.4 Å². The number of nitrogens with zero attached hydrogens (tertiary/aromatic N) is 5. The quantitative estimate of drug-likeness (QED) is 0.368. The van der Waals surface area contributed by atoms with E-state index in [9.17, 15) is 14.4 Å². The summed E-state index contributed by atoms with van der Waals surface area (Å²) in [5.41, 5.74) is 5.78. The second-order valence-electron chi connectivity index (χ2n) is 9.66. The first kappa shape index (κ1) is 27.2. The number of fused-ring (bicyclic) bond motifs is 1. The van der Waals surface area contributed by atoms with Crippen LogP contribution in [-0.2, 0) is 12.8 Å². The third-order valence-electron chi connectivity index (χ3n) is 7.36. The van der Waals surface area contributed by atoms with Crippen LogP contribution in [0.4, 0.5) is 4.39 Å². The first-order valence-electron chi connectivity index (χ1n) is 13.1. The summed E-state index contributed by atoms with van der Waals surface area (Å²) in [6.45, 7) is 10.3. The molecular weight excluding hydrogens is 481 g/mol. The number of rotatable bonds is 9. The Hall–Kier alpha value is -3.83. The highest BCUT2D eigenvalue weighted by Gasteiger charge is 2.32. The van der Waals surface area contributed by atoms with Crippen molar-refractivity contribution in [3.63, 3.8) is 0 Å². The highest BCUT2D eigenvalue weighted by atomic mass is 19.1. The van der Waals surface area contributed by atoms with Gasteiger partial charge in [0.15, 0.2) is 0 Å². The first-order valence-corrected chi connectivity index (χ1v) is 13.1. The molecule has 0 spiro atoms. The van der Waals surface area contributed by atoms with Gasteiger partial charge in [-0.2, -0.15) is 9.65 Å². The molecule has 8 heteroatoms. The fourth-order valence-electron chi connectivity index (χ4n) is 4.91. The highest BCUT2D eigenvalue weighted by molar-refractivity contribution is 5.99. The number of likely N-dealkylation sites (N-methyl/N-ethyl adjacent to an activating group) is 1. The van der Waals surface area contributed by atoms with Crippen molar-refractivity contribution in [1.29, 1.82) is 5.26 Å². The second kappa shape index (κ2) is 11.7. The Labute approximate surface area is 223 Å². The predicted octanol–water partition coefficient (Wildman–Crippen LogP) is 5.12. The van der Waals surface area contributed by atoms with Crippen LogP contribution >= 0.6 is 0 Å². The molecule has 1 unspecified atom stereocenters. The summed E-state index contributed by atoms with van der Waals surface area (Å²) in [5.74, 6) is -0.111. The first-order chi connectivity index (χ1) is 18.3. The second-order valence-corrected chi connectivity index (χ2v) is 9.66. The van der Waals surface area contributed by atoms with E-state index in [4.69, 9.17) is 4.74 Å². The van der Waals surface area contributed by atoms with Crippen molar-refractivity contribution in [2.75, 3.05) is 33.3 Å². The molecule has 0 radical (unpaired) electrons. The smallest absolute Gasteiger partial charge is 0.254 e. The summed E-state index contributed by atoms with van der Waals surface area (Å²) >= 11 is 0. The van der Waals surface area contributed by atoms with Crippen molar-refractivity contribution < 1.29 is 13.9 Å². The monoisotopic (exact) mass is 515 g/mol. The van der Waals surface area contributed by atoms with Crippen LogP contribution in [0.1, 0.15) is 65.1 Å². The molecule has 1 atom stereocenters. The molecule has 0 N–H and O–H groups in total. The Morgan fingerprint density at radius 2 is 1.97 bits per heavy atom. The number of aromatic nitrogens is 2. The predicted molar refractivity (Wildman–Crippen MR) is 145 cm³/mol. The van der Waals surface area contributed by atoms with Gasteiger partial charge in [0.05, 0.1) is 18.3 Å². The number of amides is 1. The molecule has 4 rings (SSSR count). The van der Waals surface area contributed by atoms with E-state index in [0.29, 0.717) is 47.7 Å². The van der Waals surface area contributed by atoms with Crippen molar-refractivity contribution in [2.24, 2.45) is 0 Å². The average molecular weight is 516 g/mol. The van der Waals surface area contributed by atoms with Gasteiger partial charge in [-0.1, -0.05) is 13.0 Å². The SMILES string of the molecule is CCOc1cc(C(C)N2CCc3c(cc(CCN(C)CC)cc3-c3ccnc(F)c3C)C2=O)ncc1C#N. The minimum absolute atomic E-state index is 0.0815. The fraction of sp³-hybridized carbons (Fsp3) is 0.400. The number of carbonyl (C=O) groups excluding carboxylic acids is 1. The zero-order valence-corrected chi connectivity index (χ0v) is 22.7. The average Bonchev–Trinajstić information content (AvgIpc) is 2.93. The van der Waals surface area contributed by atoms with E-state index < -0.39 is 5.95 Å². The van der Waals surface area contributed by atoms with Crippen molar-refractivity contribution in [2.45, 2.75) is 46.6 Å². The Morgan fingerprint density at radius 3 is 2.68 bits per heavy atom. The maximum Gasteiger partial charge on any atom is 0.254 e. The summed E-state index contributed by atoms with van der Waals surface area (Å²) in [4.78, 5) is 26.3. The van der Waals surface area contributed by atoms with Crippen LogP contribution in [0.15, 0.2) is 36.7 Å². The van der Waals surface area contributed by atoms with E-state index in [0.717, 1.165) is 41.8 Å². The van der Waals surface area contributed by atoms with E-state index in [1.165, 1.54) is 12.4 Å². The Morgan fingerprint density at radius 1 is 1.21 bits per heavy atom. The lowest BCUT2D eigenvalue weighted by atomic mass is 9.86. The lowest BCUT2D eigenvalue weighted by Gasteiger charge is -2.35. The van der Waals surface area contributed by atoms with E-state index in [-0.39, 0.29) is 11.9 Å². The van der Waals surface area contributed by atoms with Crippen LogP contribution in [0.3, 0.4) is 0 Å². The molecule has 1 aromatic carbocycles. The van der Waals surface area contributed by atoms with Gasteiger partial charge in [0, 0.05) is 42.7 Å². The minimum atomic E-state index is -0.498. The van der Waals surface area contributed by atoms with Crippen molar-refractivity contribution in [3.05, 3.63) is 76.1 Å². The molecule has 1 amide bonds. The molecule has 1 aliphatic heterocycles. The molecule has 0 aliphatic carbocycles. The van der Waals surface area contributed by atoms with Crippen molar-refractivity contribution in [3.8, 4) is 22.9 Å². The van der Waals surface area contributed by atoms with Crippen molar-refractivity contribution in [1.82, 2.24) is 19.8 Å². The molecule has 38 heavy (non-hydrogen) atoms. The van der Waals surface area contributed by atoms with E-state index in [1.807, 2.05) is 30.9 Å². The third kappa shape index (κ3) is 5.39. The lowest BCUT2D eigenvalue weighted by Crippen LogP contribution is -2.40. The highest BCUT2D eigenvalue weighted by Crippen LogP contribution is 2.36. The number of benzene rings is 1. The standard InChI is InChI=1S/C30H34FN5O2/c1-6-35(5)12-9-21-14-25(23-8-11-33-29(31)19(23)3)24-10-13-36(30(37)26(24)15-21)20(4)27-16-28(38-7-2)22(17-32)18-34-27/h8,11,14-16,18,20H,6-7,9-10,12-13H2,1-5H3. The zero-order valence-electron chi connectivity index (χ0n) is 22.7. The van der Waals surface area contributed by atoms with E-state index >= 15 is 0 Å². The number of pyridine rings is 2. The summed E-state index contributed by atoms with van der Waals surface area (Å²) in [6.07, 6.45) is 4.39. The van der Waals surface area contributed by atoms with Crippen LogP contribution in [0, 0.1) is 24.2 Å². The normalized spacial score (nSPS) is 13.8. The molecule has 0 fully saturated rings. The van der Waals surface area contributed by atoms with Gasteiger partial charge in [-0.25, -0.2) is 4.98 Å². The van der Waals surface area contributed by atoms with Crippen LogP contribution in [0.5, 0.6) is 5.75 Å². The van der Waals surface area contributed by atoms with Gasteiger partial charge in [0.2, 0.25) is 5.95 Å². The number of hydrogen-bond donors (Lipinski definition) is 0. The summed E-state index contributed by atoms with van der Waals surface area (Å²) in [6, 6.07) is 9.46. The molecule has 0 saturated carbocycles. The Balaban J connectivity index is 1.75. The van der Waals surface area contributed by atoms with Gasteiger partial charge in [-0.15, -0.1) is 0 Å².